The average molecular weight is 282 g/mol. The second kappa shape index (κ2) is 5.27. The van der Waals surface area contributed by atoms with Crippen LogP contribution in [0.4, 0.5) is 0 Å². The number of aliphatic hydroxyl groups excluding tert-OH is 1. The Labute approximate surface area is 123 Å². The van der Waals surface area contributed by atoms with Crippen molar-refractivity contribution in [2.45, 2.75) is 18.9 Å². The van der Waals surface area contributed by atoms with Gasteiger partial charge in [-0.25, -0.2) is 9.50 Å². The quantitative estimate of drug-likeness (QED) is 0.763. The van der Waals surface area contributed by atoms with Gasteiger partial charge < -0.3 is 10.8 Å². The standard InChI is InChI=1S/C16H18N4O/c1-16(17,11-21)9-12-3-5-13(6-4-12)14-10-19-20-8-2-7-18-15(14)20/h2-8,10,21H,9,11,17H2,1H3. The zero-order valence-corrected chi connectivity index (χ0v) is 11.9. The van der Waals surface area contributed by atoms with Gasteiger partial charge in [-0.1, -0.05) is 24.3 Å². The van der Waals surface area contributed by atoms with Crippen molar-refractivity contribution >= 4 is 5.65 Å². The largest absolute Gasteiger partial charge is 0.394 e. The Kier molecular flexibility index (Phi) is 3.45. The number of hydrogen-bond acceptors (Lipinski definition) is 4. The summed E-state index contributed by atoms with van der Waals surface area (Å²) in [5, 5.41) is 13.5. The molecule has 0 saturated heterocycles. The second-order valence-electron chi connectivity index (χ2n) is 5.63. The first-order valence-corrected chi connectivity index (χ1v) is 6.86. The highest BCUT2D eigenvalue weighted by Gasteiger charge is 2.17. The Morgan fingerprint density at radius 1 is 1.29 bits per heavy atom. The van der Waals surface area contributed by atoms with Gasteiger partial charge in [-0.3, -0.25) is 0 Å². The minimum absolute atomic E-state index is 0.0350. The lowest BCUT2D eigenvalue weighted by Crippen LogP contribution is -2.42. The normalized spacial score (nSPS) is 14.2. The fourth-order valence-electron chi connectivity index (χ4n) is 2.36. The highest BCUT2D eigenvalue weighted by atomic mass is 16.3. The minimum Gasteiger partial charge on any atom is -0.394 e. The van der Waals surface area contributed by atoms with Gasteiger partial charge in [0, 0.05) is 23.5 Å². The van der Waals surface area contributed by atoms with Crippen LogP contribution in [0, 0.1) is 0 Å². The van der Waals surface area contributed by atoms with E-state index in [1.54, 1.807) is 10.7 Å². The Balaban J connectivity index is 1.91. The second-order valence-corrected chi connectivity index (χ2v) is 5.63. The van der Waals surface area contributed by atoms with E-state index in [2.05, 4.69) is 10.1 Å². The molecule has 2 aromatic heterocycles. The van der Waals surface area contributed by atoms with Crippen LogP contribution in [0.3, 0.4) is 0 Å². The van der Waals surface area contributed by atoms with Crippen LogP contribution < -0.4 is 5.73 Å². The van der Waals surface area contributed by atoms with Crippen molar-refractivity contribution in [3.63, 3.8) is 0 Å². The SMILES string of the molecule is CC(N)(CO)Cc1ccc(-c2cnn3cccnc23)cc1. The Morgan fingerprint density at radius 3 is 2.76 bits per heavy atom. The molecule has 3 rings (SSSR count). The maximum atomic E-state index is 9.23. The molecule has 3 N–H and O–H groups in total. The number of rotatable bonds is 4. The highest BCUT2D eigenvalue weighted by molar-refractivity contribution is 5.76. The van der Waals surface area contributed by atoms with Gasteiger partial charge in [0.15, 0.2) is 5.65 Å². The molecule has 0 radical (unpaired) electrons. The van der Waals surface area contributed by atoms with Gasteiger partial charge >= 0.3 is 0 Å². The van der Waals surface area contributed by atoms with Crippen molar-refractivity contribution in [3.8, 4) is 11.1 Å². The van der Waals surface area contributed by atoms with Gasteiger partial charge in [0.25, 0.3) is 0 Å². The number of nitrogens with two attached hydrogens (primary N) is 1. The third-order valence-corrected chi connectivity index (χ3v) is 3.51. The van der Waals surface area contributed by atoms with E-state index in [4.69, 9.17) is 5.73 Å². The lowest BCUT2D eigenvalue weighted by Gasteiger charge is -2.21. The van der Waals surface area contributed by atoms with Crippen LogP contribution in [-0.4, -0.2) is 31.9 Å². The number of aliphatic hydroxyl groups is 1. The smallest absolute Gasteiger partial charge is 0.162 e. The maximum absolute atomic E-state index is 9.23. The van der Waals surface area contributed by atoms with Crippen LogP contribution >= 0.6 is 0 Å². The first-order valence-electron chi connectivity index (χ1n) is 6.86. The van der Waals surface area contributed by atoms with E-state index in [1.807, 2.05) is 49.6 Å². The van der Waals surface area contributed by atoms with Crippen LogP contribution in [0.5, 0.6) is 0 Å². The minimum atomic E-state index is -0.590. The van der Waals surface area contributed by atoms with Gasteiger partial charge in [0.05, 0.1) is 12.8 Å². The number of hydrogen-bond donors (Lipinski definition) is 2. The van der Waals surface area contributed by atoms with E-state index in [0.717, 1.165) is 22.3 Å². The van der Waals surface area contributed by atoms with Crippen molar-refractivity contribution in [1.82, 2.24) is 14.6 Å². The molecule has 0 amide bonds. The Hall–Kier alpha value is -2.24. The van der Waals surface area contributed by atoms with Gasteiger partial charge in [0.1, 0.15) is 0 Å². The molecular formula is C16H18N4O. The monoisotopic (exact) mass is 282 g/mol. The van der Waals surface area contributed by atoms with Gasteiger partial charge in [0.2, 0.25) is 0 Å². The summed E-state index contributed by atoms with van der Waals surface area (Å²) in [4.78, 5) is 4.36. The zero-order valence-electron chi connectivity index (χ0n) is 11.9. The van der Waals surface area contributed by atoms with Gasteiger partial charge in [-0.15, -0.1) is 0 Å². The molecule has 5 heteroatoms. The van der Waals surface area contributed by atoms with Crippen molar-refractivity contribution in [1.29, 1.82) is 0 Å². The topological polar surface area (TPSA) is 76.4 Å². The molecule has 1 atom stereocenters. The molecule has 0 aliphatic heterocycles. The Morgan fingerprint density at radius 2 is 2.05 bits per heavy atom. The molecule has 5 nitrogen and oxygen atoms in total. The lowest BCUT2D eigenvalue weighted by atomic mass is 9.94. The molecule has 21 heavy (non-hydrogen) atoms. The van der Waals surface area contributed by atoms with Gasteiger partial charge in [-0.05, 0) is 30.5 Å². The number of nitrogens with zero attached hydrogens (tertiary/aromatic N) is 3. The molecule has 3 aromatic rings. The summed E-state index contributed by atoms with van der Waals surface area (Å²) in [5.74, 6) is 0. The van der Waals surface area contributed by atoms with Crippen LogP contribution in [-0.2, 0) is 6.42 Å². The lowest BCUT2D eigenvalue weighted by molar-refractivity contribution is 0.208. The molecule has 0 spiro atoms. The third kappa shape index (κ3) is 2.79. The summed E-state index contributed by atoms with van der Waals surface area (Å²) < 4.78 is 1.76. The van der Waals surface area contributed by atoms with Crippen molar-refractivity contribution in [2.24, 2.45) is 5.73 Å². The summed E-state index contributed by atoms with van der Waals surface area (Å²) in [5.41, 5.74) is 9.39. The van der Waals surface area contributed by atoms with E-state index in [9.17, 15) is 5.11 Å². The summed E-state index contributed by atoms with van der Waals surface area (Å²) in [7, 11) is 0. The van der Waals surface area contributed by atoms with Gasteiger partial charge in [-0.2, -0.15) is 5.10 Å². The fraction of sp³-hybridized carbons (Fsp3) is 0.250. The van der Waals surface area contributed by atoms with Crippen molar-refractivity contribution in [2.75, 3.05) is 6.61 Å². The molecule has 0 aliphatic rings. The molecular weight excluding hydrogens is 264 g/mol. The van der Waals surface area contributed by atoms with E-state index in [-0.39, 0.29) is 6.61 Å². The van der Waals surface area contributed by atoms with E-state index in [0.29, 0.717) is 6.42 Å². The predicted octanol–water partition coefficient (Wildman–Crippen LogP) is 1.65. The summed E-state index contributed by atoms with van der Waals surface area (Å²) in [6, 6.07) is 9.98. The molecule has 108 valence electrons. The van der Waals surface area contributed by atoms with Crippen LogP contribution in [0.1, 0.15) is 12.5 Å². The predicted molar refractivity (Wildman–Crippen MR) is 81.8 cm³/mol. The number of aromatic nitrogens is 3. The van der Waals surface area contributed by atoms with Crippen LogP contribution in [0.25, 0.3) is 16.8 Å². The summed E-state index contributed by atoms with van der Waals surface area (Å²) in [6.45, 7) is 1.81. The van der Waals surface area contributed by atoms with Crippen LogP contribution in [0.2, 0.25) is 0 Å². The van der Waals surface area contributed by atoms with Crippen LogP contribution in [0.15, 0.2) is 48.9 Å². The molecule has 0 aliphatic carbocycles. The highest BCUT2D eigenvalue weighted by Crippen LogP contribution is 2.24. The molecule has 2 heterocycles. The number of fused-ring (bicyclic) bond motifs is 1. The van der Waals surface area contributed by atoms with Crippen molar-refractivity contribution < 1.29 is 5.11 Å². The van der Waals surface area contributed by atoms with Crippen molar-refractivity contribution in [3.05, 3.63) is 54.5 Å². The first kappa shape index (κ1) is 13.7. The molecule has 1 unspecified atom stereocenters. The first-order chi connectivity index (χ1) is 10.1. The zero-order chi connectivity index (χ0) is 14.9. The molecule has 0 fully saturated rings. The van der Waals surface area contributed by atoms with E-state index >= 15 is 0 Å². The maximum Gasteiger partial charge on any atom is 0.162 e. The fourth-order valence-corrected chi connectivity index (χ4v) is 2.36. The summed E-state index contributed by atoms with van der Waals surface area (Å²) in [6.07, 6.45) is 6.09. The number of benzene rings is 1. The molecule has 0 saturated carbocycles. The van der Waals surface area contributed by atoms with E-state index in [1.165, 1.54) is 0 Å². The summed E-state index contributed by atoms with van der Waals surface area (Å²) >= 11 is 0. The third-order valence-electron chi connectivity index (χ3n) is 3.51. The molecule has 1 aromatic carbocycles. The average Bonchev–Trinajstić information content (AvgIpc) is 2.92. The molecule has 0 bridgehead atoms. The Bertz CT molecular complexity index is 746. The van der Waals surface area contributed by atoms with E-state index < -0.39 is 5.54 Å².